The maximum Gasteiger partial charge on any atom is 0.320 e. The molecule has 4 rings (SSSR count). The molecule has 0 saturated carbocycles. The number of aryl methyl sites for hydroxylation is 2. The van der Waals surface area contributed by atoms with Crippen LogP contribution in [0.5, 0.6) is 5.75 Å². The summed E-state index contributed by atoms with van der Waals surface area (Å²) >= 11 is 6.56. The standard InChI is InChI=1S/C26H29ClN4O3/c1-4-20-24(18-11-10-16(33-3)13-19(18)27)29-21(5-2)26(30-20)31-25-17-9-7-6-8-15(17)12-22(25)34-23(32)14-28/h6-11,13,22,25H,4-5,12,14,28H2,1-3H3,(H,30,31)/t22-,25-/m0/s1. The molecule has 7 nitrogen and oxygen atoms in total. The predicted molar refractivity (Wildman–Crippen MR) is 133 cm³/mol. The number of carbonyl (C=O) groups excluding carboxylic acids is 1. The van der Waals surface area contributed by atoms with Gasteiger partial charge in [-0.15, -0.1) is 0 Å². The van der Waals surface area contributed by atoms with Gasteiger partial charge in [-0.05, 0) is 42.2 Å². The Kier molecular flexibility index (Phi) is 7.34. The number of hydrogen-bond donors (Lipinski definition) is 2. The van der Waals surface area contributed by atoms with Gasteiger partial charge >= 0.3 is 5.97 Å². The lowest BCUT2D eigenvalue weighted by Crippen LogP contribution is -2.31. The average molecular weight is 481 g/mol. The van der Waals surface area contributed by atoms with E-state index in [1.807, 2.05) is 38.1 Å². The molecule has 1 aliphatic carbocycles. The minimum absolute atomic E-state index is 0.156. The summed E-state index contributed by atoms with van der Waals surface area (Å²) in [4.78, 5) is 21.9. The zero-order valence-electron chi connectivity index (χ0n) is 19.6. The van der Waals surface area contributed by atoms with Gasteiger partial charge in [0.2, 0.25) is 0 Å². The average Bonchev–Trinajstić information content (AvgIpc) is 3.20. The Bertz CT molecular complexity index is 1200. The number of ether oxygens (including phenoxy) is 2. The first-order chi connectivity index (χ1) is 16.5. The molecule has 2 atom stereocenters. The molecule has 178 valence electrons. The molecule has 0 amide bonds. The van der Waals surface area contributed by atoms with Crippen LogP contribution in [-0.4, -0.2) is 35.7 Å². The molecule has 0 saturated heterocycles. The summed E-state index contributed by atoms with van der Waals surface area (Å²) in [6.07, 6.45) is 1.59. The van der Waals surface area contributed by atoms with Crippen molar-refractivity contribution in [3.63, 3.8) is 0 Å². The quantitative estimate of drug-likeness (QED) is 0.457. The summed E-state index contributed by atoms with van der Waals surface area (Å²) in [7, 11) is 1.61. The lowest BCUT2D eigenvalue weighted by atomic mass is 10.1. The maximum absolute atomic E-state index is 12.0. The Morgan fingerprint density at radius 2 is 1.91 bits per heavy atom. The van der Waals surface area contributed by atoms with Gasteiger partial charge in [-0.2, -0.15) is 0 Å². The van der Waals surface area contributed by atoms with Crippen molar-refractivity contribution in [1.29, 1.82) is 0 Å². The molecule has 1 heterocycles. The highest BCUT2D eigenvalue weighted by Crippen LogP contribution is 2.38. The highest BCUT2D eigenvalue weighted by molar-refractivity contribution is 6.33. The number of hydrogen-bond acceptors (Lipinski definition) is 7. The van der Waals surface area contributed by atoms with Gasteiger partial charge in [-0.3, -0.25) is 4.79 Å². The third kappa shape index (κ3) is 4.72. The highest BCUT2D eigenvalue weighted by Gasteiger charge is 2.36. The summed E-state index contributed by atoms with van der Waals surface area (Å²) in [5, 5.41) is 4.10. The number of benzene rings is 2. The third-order valence-corrected chi connectivity index (χ3v) is 6.38. The predicted octanol–water partition coefficient (Wildman–Crippen LogP) is 4.51. The number of methoxy groups -OCH3 is 1. The molecule has 0 spiro atoms. The van der Waals surface area contributed by atoms with Crippen LogP contribution in [0, 0.1) is 0 Å². The second-order valence-electron chi connectivity index (χ2n) is 8.12. The number of nitrogens with one attached hydrogen (secondary N) is 1. The number of nitrogens with two attached hydrogens (primary N) is 1. The first-order valence-electron chi connectivity index (χ1n) is 11.5. The van der Waals surface area contributed by atoms with Crippen molar-refractivity contribution in [2.45, 2.75) is 45.3 Å². The molecule has 2 aromatic carbocycles. The number of halogens is 1. The van der Waals surface area contributed by atoms with Crippen molar-refractivity contribution in [2.75, 3.05) is 19.0 Å². The summed E-state index contributed by atoms with van der Waals surface area (Å²) in [5.74, 6) is 0.945. The number of esters is 1. The zero-order valence-corrected chi connectivity index (χ0v) is 20.4. The van der Waals surface area contributed by atoms with Crippen molar-refractivity contribution < 1.29 is 14.3 Å². The fourth-order valence-electron chi connectivity index (χ4n) is 4.35. The zero-order chi connectivity index (χ0) is 24.2. The van der Waals surface area contributed by atoms with Crippen molar-refractivity contribution in [3.05, 3.63) is 70.0 Å². The Labute approximate surface area is 204 Å². The summed E-state index contributed by atoms with van der Waals surface area (Å²) in [5.41, 5.74) is 10.9. The monoisotopic (exact) mass is 480 g/mol. The van der Waals surface area contributed by atoms with Crippen LogP contribution in [-0.2, 0) is 28.8 Å². The third-order valence-electron chi connectivity index (χ3n) is 6.07. The van der Waals surface area contributed by atoms with Crippen LogP contribution in [0.3, 0.4) is 0 Å². The van der Waals surface area contributed by atoms with Gasteiger partial charge in [0.1, 0.15) is 17.7 Å². The topological polar surface area (TPSA) is 99.4 Å². The first kappa shape index (κ1) is 24.0. The molecule has 0 bridgehead atoms. The van der Waals surface area contributed by atoms with Gasteiger partial charge in [0.25, 0.3) is 0 Å². The molecule has 1 aromatic heterocycles. The van der Waals surface area contributed by atoms with Crippen LogP contribution in [0.1, 0.15) is 42.4 Å². The first-order valence-corrected chi connectivity index (χ1v) is 11.8. The largest absolute Gasteiger partial charge is 0.497 e. The molecule has 0 unspecified atom stereocenters. The minimum Gasteiger partial charge on any atom is -0.497 e. The number of anilines is 1. The number of rotatable bonds is 8. The number of fused-ring (bicyclic) bond motifs is 1. The van der Waals surface area contributed by atoms with Crippen molar-refractivity contribution in [3.8, 4) is 17.0 Å². The summed E-state index contributed by atoms with van der Waals surface area (Å²) in [6.45, 7) is 3.92. The molecule has 3 aromatic rings. The van der Waals surface area contributed by atoms with E-state index < -0.39 is 5.97 Å². The molecule has 0 fully saturated rings. The van der Waals surface area contributed by atoms with Gasteiger partial charge in [0.15, 0.2) is 0 Å². The Hall–Kier alpha value is -3.16. The smallest absolute Gasteiger partial charge is 0.320 e. The molecule has 0 radical (unpaired) electrons. The van der Waals surface area contributed by atoms with Crippen LogP contribution < -0.4 is 15.8 Å². The lowest BCUT2D eigenvalue weighted by Gasteiger charge is -2.24. The van der Waals surface area contributed by atoms with E-state index in [1.165, 1.54) is 0 Å². The van der Waals surface area contributed by atoms with E-state index in [9.17, 15) is 4.79 Å². The van der Waals surface area contributed by atoms with Gasteiger partial charge in [-0.1, -0.05) is 49.7 Å². The molecule has 8 heteroatoms. The Morgan fingerprint density at radius 1 is 1.15 bits per heavy atom. The highest BCUT2D eigenvalue weighted by atomic mass is 35.5. The van der Waals surface area contributed by atoms with Crippen LogP contribution in [0.4, 0.5) is 5.82 Å². The van der Waals surface area contributed by atoms with E-state index in [0.717, 1.165) is 33.8 Å². The Balaban J connectivity index is 1.73. The molecular formula is C26H29ClN4O3. The Morgan fingerprint density at radius 3 is 2.59 bits per heavy atom. The maximum atomic E-state index is 12.0. The fourth-order valence-corrected chi connectivity index (χ4v) is 4.61. The van der Waals surface area contributed by atoms with Crippen LogP contribution in [0.25, 0.3) is 11.3 Å². The second kappa shape index (κ2) is 10.4. The summed E-state index contributed by atoms with van der Waals surface area (Å²) in [6, 6.07) is 13.4. The molecule has 1 aliphatic rings. The van der Waals surface area contributed by atoms with Gasteiger partial charge < -0.3 is 20.5 Å². The van der Waals surface area contributed by atoms with E-state index in [0.29, 0.717) is 35.9 Å². The van der Waals surface area contributed by atoms with Crippen molar-refractivity contribution in [1.82, 2.24) is 9.97 Å². The van der Waals surface area contributed by atoms with Crippen LogP contribution in [0.15, 0.2) is 42.5 Å². The van der Waals surface area contributed by atoms with E-state index in [4.69, 9.17) is 36.8 Å². The normalized spacial score (nSPS) is 16.7. The van der Waals surface area contributed by atoms with Crippen LogP contribution in [0.2, 0.25) is 5.02 Å². The molecule has 0 aliphatic heterocycles. The number of nitrogens with zero attached hydrogens (tertiary/aromatic N) is 2. The van der Waals surface area contributed by atoms with Crippen molar-refractivity contribution >= 4 is 23.4 Å². The number of carbonyl (C=O) groups is 1. The van der Waals surface area contributed by atoms with Gasteiger partial charge in [0.05, 0.1) is 41.8 Å². The SMILES string of the molecule is CCc1nc(-c2ccc(OC)cc2Cl)c(CC)nc1N[C@H]1c2ccccc2C[C@@H]1OC(=O)CN. The van der Waals surface area contributed by atoms with Crippen LogP contribution >= 0.6 is 11.6 Å². The van der Waals surface area contributed by atoms with E-state index in [-0.39, 0.29) is 18.7 Å². The summed E-state index contributed by atoms with van der Waals surface area (Å²) < 4.78 is 11.0. The lowest BCUT2D eigenvalue weighted by molar-refractivity contribution is -0.147. The second-order valence-corrected chi connectivity index (χ2v) is 8.53. The van der Waals surface area contributed by atoms with Gasteiger partial charge in [-0.25, -0.2) is 9.97 Å². The van der Waals surface area contributed by atoms with E-state index >= 15 is 0 Å². The number of aromatic nitrogens is 2. The minimum atomic E-state index is -0.426. The van der Waals surface area contributed by atoms with Crippen molar-refractivity contribution in [2.24, 2.45) is 5.73 Å². The van der Waals surface area contributed by atoms with E-state index in [2.05, 4.69) is 17.4 Å². The molecule has 3 N–H and O–H groups in total. The fraction of sp³-hybridized carbons (Fsp3) is 0.346. The van der Waals surface area contributed by atoms with Gasteiger partial charge in [0, 0.05) is 12.0 Å². The molecular weight excluding hydrogens is 452 g/mol. The van der Waals surface area contributed by atoms with E-state index in [1.54, 1.807) is 13.2 Å². The molecule has 34 heavy (non-hydrogen) atoms.